The van der Waals surface area contributed by atoms with Gasteiger partial charge in [-0.1, -0.05) is 13.3 Å². The first-order valence-electron chi connectivity index (χ1n) is 8.21. The molecule has 1 rings (SSSR count). The van der Waals surface area contributed by atoms with E-state index in [2.05, 4.69) is 17.6 Å². The number of hydrogen-bond donors (Lipinski definition) is 3. The Balaban J connectivity index is 2.40. The maximum absolute atomic E-state index is 11.9. The lowest BCUT2D eigenvalue weighted by Crippen LogP contribution is -2.26. The molecule has 0 saturated carbocycles. The zero-order valence-electron chi connectivity index (χ0n) is 14.4. The summed E-state index contributed by atoms with van der Waals surface area (Å²) in [5.74, 6) is -0.963. The van der Waals surface area contributed by atoms with Crippen molar-refractivity contribution in [1.29, 1.82) is 5.26 Å². The molecule has 4 N–H and O–H groups in total. The van der Waals surface area contributed by atoms with Crippen molar-refractivity contribution in [3.8, 4) is 6.07 Å². The Morgan fingerprint density at radius 2 is 1.92 bits per heavy atom. The van der Waals surface area contributed by atoms with Crippen molar-refractivity contribution in [2.75, 3.05) is 25.1 Å². The van der Waals surface area contributed by atoms with E-state index in [1.54, 1.807) is 24.3 Å². The van der Waals surface area contributed by atoms with Gasteiger partial charge in [0.25, 0.3) is 5.91 Å². The topological polar surface area (TPSA) is 117 Å². The number of rotatable bonds is 11. The summed E-state index contributed by atoms with van der Waals surface area (Å²) in [4.78, 5) is 22.9. The van der Waals surface area contributed by atoms with Gasteiger partial charge in [-0.05, 0) is 37.1 Å². The molecule has 25 heavy (non-hydrogen) atoms. The van der Waals surface area contributed by atoms with Crippen LogP contribution in [-0.4, -0.2) is 31.6 Å². The smallest absolute Gasteiger partial charge is 0.263 e. The van der Waals surface area contributed by atoms with Gasteiger partial charge in [0, 0.05) is 37.2 Å². The van der Waals surface area contributed by atoms with Crippen LogP contribution in [0, 0.1) is 11.3 Å². The fourth-order valence-electron chi connectivity index (χ4n) is 1.85. The third-order valence-electron chi connectivity index (χ3n) is 3.31. The Bertz CT molecular complexity index is 633. The van der Waals surface area contributed by atoms with Crippen molar-refractivity contribution in [3.63, 3.8) is 0 Å². The Hall–Kier alpha value is -2.85. The predicted octanol–water partition coefficient (Wildman–Crippen LogP) is 1.93. The molecule has 0 aliphatic heterocycles. The molecule has 7 heteroatoms. The molecule has 0 bridgehead atoms. The van der Waals surface area contributed by atoms with E-state index in [1.165, 1.54) is 6.20 Å². The van der Waals surface area contributed by atoms with Gasteiger partial charge in [-0.25, -0.2) is 0 Å². The molecule has 1 aromatic rings. The van der Waals surface area contributed by atoms with Gasteiger partial charge in [-0.2, -0.15) is 5.26 Å². The van der Waals surface area contributed by atoms with E-state index in [-0.39, 0.29) is 5.57 Å². The van der Waals surface area contributed by atoms with E-state index < -0.39 is 11.8 Å². The molecule has 2 amide bonds. The zero-order chi connectivity index (χ0) is 18.5. The molecule has 0 aromatic heterocycles. The Kier molecular flexibility index (Phi) is 9.41. The second-order valence-electron chi connectivity index (χ2n) is 5.33. The number of ether oxygens (including phenoxy) is 1. The standard InChI is InChI=1S/C18H24N4O3/c1-2-3-10-25-11-4-9-21-18(24)15(12-19)13-22-16-7-5-14(6-8-16)17(20)23/h5-8,13,22H,2-4,9-11H2,1H3,(H2,20,23)(H,21,24)/b15-13-. The van der Waals surface area contributed by atoms with Crippen LogP contribution in [0.3, 0.4) is 0 Å². The molecule has 0 radical (unpaired) electrons. The molecule has 0 aliphatic rings. The van der Waals surface area contributed by atoms with Crippen molar-refractivity contribution in [2.24, 2.45) is 5.73 Å². The molecule has 0 aliphatic carbocycles. The average molecular weight is 344 g/mol. The largest absolute Gasteiger partial charge is 0.381 e. The van der Waals surface area contributed by atoms with Crippen molar-refractivity contribution in [1.82, 2.24) is 5.32 Å². The first-order chi connectivity index (χ1) is 12.1. The summed E-state index contributed by atoms with van der Waals surface area (Å²) < 4.78 is 5.40. The van der Waals surface area contributed by atoms with Gasteiger partial charge in [0.1, 0.15) is 11.6 Å². The maximum Gasteiger partial charge on any atom is 0.263 e. The van der Waals surface area contributed by atoms with E-state index in [0.717, 1.165) is 19.4 Å². The Labute approximate surface area is 147 Å². The van der Waals surface area contributed by atoms with Gasteiger partial charge in [0.2, 0.25) is 5.91 Å². The number of nitrogens with zero attached hydrogens (tertiary/aromatic N) is 1. The van der Waals surface area contributed by atoms with Crippen molar-refractivity contribution in [3.05, 3.63) is 41.6 Å². The van der Waals surface area contributed by atoms with Gasteiger partial charge in [0.15, 0.2) is 0 Å². The van der Waals surface area contributed by atoms with Gasteiger partial charge < -0.3 is 21.1 Å². The second kappa shape index (κ2) is 11.6. The number of amides is 2. The van der Waals surface area contributed by atoms with E-state index in [9.17, 15) is 9.59 Å². The van der Waals surface area contributed by atoms with E-state index in [4.69, 9.17) is 15.7 Å². The van der Waals surface area contributed by atoms with Gasteiger partial charge in [-0.3, -0.25) is 9.59 Å². The lowest BCUT2D eigenvalue weighted by Gasteiger charge is -2.06. The molecule has 1 aromatic carbocycles. The van der Waals surface area contributed by atoms with Crippen LogP contribution in [0.5, 0.6) is 0 Å². The molecule has 0 saturated heterocycles. The minimum Gasteiger partial charge on any atom is -0.381 e. The number of benzene rings is 1. The molecular weight excluding hydrogens is 320 g/mol. The SMILES string of the molecule is CCCCOCCCNC(=O)/C(C#N)=C\Nc1ccc(C(N)=O)cc1. The predicted molar refractivity (Wildman–Crippen MR) is 95.6 cm³/mol. The fourth-order valence-corrected chi connectivity index (χ4v) is 1.85. The molecule has 0 atom stereocenters. The monoisotopic (exact) mass is 344 g/mol. The minimum absolute atomic E-state index is 0.0362. The van der Waals surface area contributed by atoms with Crippen LogP contribution in [-0.2, 0) is 9.53 Å². The summed E-state index contributed by atoms with van der Waals surface area (Å²) in [7, 11) is 0. The normalized spacial score (nSPS) is 10.8. The van der Waals surface area contributed by atoms with E-state index >= 15 is 0 Å². The van der Waals surface area contributed by atoms with E-state index in [0.29, 0.717) is 30.8 Å². The third kappa shape index (κ3) is 7.99. The number of nitriles is 1. The zero-order valence-corrected chi connectivity index (χ0v) is 14.4. The van der Waals surface area contributed by atoms with Crippen LogP contribution in [0.1, 0.15) is 36.5 Å². The minimum atomic E-state index is -0.516. The van der Waals surface area contributed by atoms with Crippen molar-refractivity contribution < 1.29 is 14.3 Å². The Morgan fingerprint density at radius 3 is 2.52 bits per heavy atom. The van der Waals surface area contributed by atoms with Gasteiger partial charge in [0.05, 0.1) is 0 Å². The molecule has 0 heterocycles. The van der Waals surface area contributed by atoms with Gasteiger partial charge in [-0.15, -0.1) is 0 Å². The summed E-state index contributed by atoms with van der Waals surface area (Å²) in [5.41, 5.74) is 6.14. The van der Waals surface area contributed by atoms with Crippen molar-refractivity contribution in [2.45, 2.75) is 26.2 Å². The van der Waals surface area contributed by atoms with Crippen LogP contribution in [0.2, 0.25) is 0 Å². The van der Waals surface area contributed by atoms with Gasteiger partial charge >= 0.3 is 0 Å². The third-order valence-corrected chi connectivity index (χ3v) is 3.31. The molecule has 0 fully saturated rings. The summed E-state index contributed by atoms with van der Waals surface area (Å²) in [6, 6.07) is 8.24. The lowest BCUT2D eigenvalue weighted by atomic mass is 10.2. The highest BCUT2D eigenvalue weighted by atomic mass is 16.5. The number of carbonyl (C=O) groups is 2. The number of unbranched alkanes of at least 4 members (excludes halogenated alkanes) is 1. The number of nitrogens with two attached hydrogens (primary N) is 1. The number of primary amides is 1. The summed E-state index contributed by atoms with van der Waals surface area (Å²) in [5, 5.41) is 14.6. The fraction of sp³-hybridized carbons (Fsp3) is 0.389. The number of anilines is 1. The molecular formula is C18H24N4O3. The van der Waals surface area contributed by atoms with E-state index in [1.807, 2.05) is 6.07 Å². The highest BCUT2D eigenvalue weighted by Crippen LogP contribution is 2.09. The maximum atomic E-state index is 11.9. The van der Waals surface area contributed by atoms with Crippen LogP contribution < -0.4 is 16.4 Å². The summed E-state index contributed by atoms with van der Waals surface area (Å²) in [6.45, 7) is 3.85. The Morgan fingerprint density at radius 1 is 1.24 bits per heavy atom. The number of hydrogen-bond acceptors (Lipinski definition) is 5. The lowest BCUT2D eigenvalue weighted by molar-refractivity contribution is -0.117. The van der Waals surface area contributed by atoms with Crippen LogP contribution in [0.4, 0.5) is 5.69 Å². The highest BCUT2D eigenvalue weighted by molar-refractivity contribution is 5.97. The average Bonchev–Trinajstić information content (AvgIpc) is 2.61. The van der Waals surface area contributed by atoms with Crippen LogP contribution in [0.25, 0.3) is 0 Å². The summed E-state index contributed by atoms with van der Waals surface area (Å²) in [6.07, 6.45) is 4.13. The molecule has 7 nitrogen and oxygen atoms in total. The molecule has 0 spiro atoms. The van der Waals surface area contributed by atoms with Crippen LogP contribution >= 0.6 is 0 Å². The molecule has 0 unspecified atom stereocenters. The quantitative estimate of drug-likeness (QED) is 0.322. The number of carbonyl (C=O) groups excluding carboxylic acids is 2. The highest BCUT2D eigenvalue weighted by Gasteiger charge is 2.08. The molecule has 134 valence electrons. The summed E-state index contributed by atoms with van der Waals surface area (Å²) >= 11 is 0. The second-order valence-corrected chi connectivity index (χ2v) is 5.33. The van der Waals surface area contributed by atoms with Crippen molar-refractivity contribution >= 4 is 17.5 Å². The first kappa shape index (κ1) is 20.2. The number of nitrogens with one attached hydrogen (secondary N) is 2. The van der Waals surface area contributed by atoms with Crippen LogP contribution in [0.15, 0.2) is 36.0 Å². The first-order valence-corrected chi connectivity index (χ1v) is 8.21.